The molecule has 0 N–H and O–H groups in total. The van der Waals surface area contributed by atoms with E-state index in [1.807, 2.05) is 257 Å². The number of carbonyl (C=O) groups excluding carboxylic acids is 4. The molecule has 13 heteroatoms. The van der Waals surface area contributed by atoms with Crippen LogP contribution in [-0.4, -0.2) is 89.7 Å². The third kappa shape index (κ3) is 19.2. The van der Waals surface area contributed by atoms with Gasteiger partial charge in [0.2, 0.25) is 0 Å². The largest absolute Gasteiger partial charge is 0.380 e. The maximum absolute atomic E-state index is 14.3. The van der Waals surface area contributed by atoms with Gasteiger partial charge in [-0.25, -0.2) is 0 Å². The molecule has 0 radical (unpaired) electrons. The quantitative estimate of drug-likeness (QED) is 0.0387. The number of benzene rings is 8. The Hall–Kier alpha value is -8.56. The third-order valence-electron chi connectivity index (χ3n) is 15.1. The molecule has 8 aromatic carbocycles. The topological polar surface area (TPSA) is 127 Å². The predicted molar refractivity (Wildman–Crippen MR) is 336 cm³/mol. The second-order valence-corrected chi connectivity index (χ2v) is 21.4. The molecule has 85 heavy (non-hydrogen) atoms. The Morgan fingerprint density at radius 1 is 0.271 bits per heavy atom. The zero-order valence-corrected chi connectivity index (χ0v) is 48.9. The molecule has 0 spiro atoms. The lowest BCUT2D eigenvalue weighted by Crippen LogP contribution is -2.44. The fraction of sp³-hybridized carbons (Fsp3) is 0.278. The fourth-order valence-electron chi connectivity index (χ4n) is 9.87. The molecule has 0 atom stereocenters. The molecule has 8 rings (SSSR count). The van der Waals surface area contributed by atoms with Gasteiger partial charge in [0.1, 0.15) is 26.4 Å². The molecule has 0 aromatic heterocycles. The van der Waals surface area contributed by atoms with Gasteiger partial charge in [0.25, 0.3) is 23.6 Å². The number of carbonyl (C=O) groups is 4. The van der Waals surface area contributed by atoms with Crippen LogP contribution >= 0.6 is 0 Å². The second-order valence-electron chi connectivity index (χ2n) is 21.4. The van der Waals surface area contributed by atoms with E-state index in [9.17, 15) is 19.2 Å². The van der Waals surface area contributed by atoms with E-state index in [1.165, 1.54) is 0 Å². The van der Waals surface area contributed by atoms with Crippen molar-refractivity contribution in [3.63, 3.8) is 0 Å². The van der Waals surface area contributed by atoms with Crippen molar-refractivity contribution >= 4 is 46.4 Å². The van der Waals surface area contributed by atoms with E-state index in [2.05, 4.69) is 0 Å². The molecule has 0 unspecified atom stereocenters. The van der Waals surface area contributed by atoms with E-state index in [0.717, 1.165) is 45.0 Å². The normalized spacial score (nSPS) is 11.4. The van der Waals surface area contributed by atoms with Crippen LogP contribution < -0.4 is 19.6 Å². The van der Waals surface area contributed by atoms with E-state index in [4.69, 9.17) is 23.7 Å². The van der Waals surface area contributed by atoms with Gasteiger partial charge in [-0.2, -0.15) is 0 Å². The minimum atomic E-state index is -0.872. The molecule has 8 aromatic rings. The molecule has 0 aliphatic carbocycles. The molecule has 0 heterocycles. The zero-order chi connectivity index (χ0) is 59.4. The highest BCUT2D eigenvalue weighted by Gasteiger charge is 2.36. The lowest BCUT2D eigenvalue weighted by Gasteiger charge is -2.36. The maximum atomic E-state index is 14.3. The van der Waals surface area contributed by atoms with Gasteiger partial charge < -0.3 is 43.3 Å². The molecular formula is C72H78N4O9. The Morgan fingerprint density at radius 2 is 0.447 bits per heavy atom. The molecule has 0 saturated carbocycles. The number of amides is 4. The summed E-state index contributed by atoms with van der Waals surface area (Å²) in [5.74, 6) is -0.929. The van der Waals surface area contributed by atoms with Crippen molar-refractivity contribution in [1.29, 1.82) is 0 Å². The third-order valence-corrected chi connectivity index (χ3v) is 15.1. The summed E-state index contributed by atoms with van der Waals surface area (Å²) in [5, 5.41) is 0. The SMILES string of the molecule is CCC(COCC(=O)N(Cc1ccccc1)c1ccccc1)(COCC(=O)N(Cc1ccccc1)c1ccccc1)COCC(CC)(COCC(=O)N(Cc1ccccc1)c1ccccc1)COCC(=O)N(Cc1ccccc1)c1ccccc1. The first-order chi connectivity index (χ1) is 41.6. The zero-order valence-electron chi connectivity index (χ0n) is 48.9. The van der Waals surface area contributed by atoms with Crippen LogP contribution in [0.25, 0.3) is 0 Å². The molecule has 0 saturated heterocycles. The molecule has 0 aliphatic heterocycles. The van der Waals surface area contributed by atoms with Gasteiger partial charge in [-0.05, 0) is 83.6 Å². The van der Waals surface area contributed by atoms with Crippen LogP contribution in [0.5, 0.6) is 0 Å². The van der Waals surface area contributed by atoms with Crippen molar-refractivity contribution in [2.24, 2.45) is 10.8 Å². The van der Waals surface area contributed by atoms with E-state index in [-0.39, 0.29) is 89.7 Å². The summed E-state index contributed by atoms with van der Waals surface area (Å²) in [6, 6.07) is 77.3. The Kier molecular flexibility index (Phi) is 24.3. The summed E-state index contributed by atoms with van der Waals surface area (Å²) < 4.78 is 32.7. The first-order valence-electron chi connectivity index (χ1n) is 29.1. The van der Waals surface area contributed by atoms with Gasteiger partial charge in [0, 0.05) is 33.6 Å². The maximum Gasteiger partial charge on any atom is 0.253 e. The first-order valence-corrected chi connectivity index (χ1v) is 29.1. The van der Waals surface area contributed by atoms with Gasteiger partial charge in [0.05, 0.1) is 65.8 Å². The fourth-order valence-corrected chi connectivity index (χ4v) is 9.87. The van der Waals surface area contributed by atoms with E-state index < -0.39 is 10.8 Å². The van der Waals surface area contributed by atoms with Crippen molar-refractivity contribution in [2.45, 2.75) is 52.9 Å². The summed E-state index contributed by atoms with van der Waals surface area (Å²) in [5.41, 5.74) is 5.07. The van der Waals surface area contributed by atoms with Crippen LogP contribution in [-0.2, 0) is 69.0 Å². The van der Waals surface area contributed by atoms with Crippen molar-refractivity contribution in [2.75, 3.05) is 85.7 Å². The van der Waals surface area contributed by atoms with E-state index in [0.29, 0.717) is 39.0 Å². The van der Waals surface area contributed by atoms with Crippen molar-refractivity contribution < 1.29 is 42.9 Å². The highest BCUT2D eigenvalue weighted by molar-refractivity contribution is 5.96. The van der Waals surface area contributed by atoms with Gasteiger partial charge >= 0.3 is 0 Å². The monoisotopic (exact) mass is 1140 g/mol. The number of para-hydroxylation sites is 4. The smallest absolute Gasteiger partial charge is 0.253 e. The van der Waals surface area contributed by atoms with Gasteiger partial charge in [-0.3, -0.25) is 19.2 Å². The predicted octanol–water partition coefficient (Wildman–Crippen LogP) is 12.8. The number of hydrogen-bond donors (Lipinski definition) is 0. The highest BCUT2D eigenvalue weighted by atomic mass is 16.5. The van der Waals surface area contributed by atoms with Gasteiger partial charge in [-0.1, -0.05) is 208 Å². The summed E-state index contributed by atoms with van der Waals surface area (Å²) >= 11 is 0. The summed E-state index contributed by atoms with van der Waals surface area (Å²) in [6.45, 7) is 4.81. The van der Waals surface area contributed by atoms with Crippen molar-refractivity contribution in [1.82, 2.24) is 0 Å². The summed E-state index contributed by atoms with van der Waals surface area (Å²) in [6.07, 6.45) is 0.966. The van der Waals surface area contributed by atoms with Crippen molar-refractivity contribution in [3.05, 3.63) is 265 Å². The Balaban J connectivity index is 1.02. The van der Waals surface area contributed by atoms with E-state index >= 15 is 0 Å². The van der Waals surface area contributed by atoms with Gasteiger partial charge in [-0.15, -0.1) is 0 Å². The van der Waals surface area contributed by atoms with Crippen LogP contribution in [0.15, 0.2) is 243 Å². The van der Waals surface area contributed by atoms with E-state index in [1.54, 1.807) is 19.6 Å². The number of hydrogen-bond acceptors (Lipinski definition) is 9. The lowest BCUT2D eigenvalue weighted by atomic mass is 9.86. The van der Waals surface area contributed by atoms with Crippen LogP contribution in [0.4, 0.5) is 22.7 Å². The Morgan fingerprint density at radius 3 is 0.635 bits per heavy atom. The lowest BCUT2D eigenvalue weighted by molar-refractivity contribution is -0.137. The number of nitrogens with zero attached hydrogens (tertiary/aromatic N) is 4. The second kappa shape index (κ2) is 33.1. The molecule has 0 bridgehead atoms. The first kappa shape index (κ1) is 62.5. The summed E-state index contributed by atoms with van der Waals surface area (Å²) in [4.78, 5) is 64.1. The van der Waals surface area contributed by atoms with Crippen LogP contribution in [0.2, 0.25) is 0 Å². The van der Waals surface area contributed by atoms with Crippen LogP contribution in [0.3, 0.4) is 0 Å². The molecule has 4 amide bonds. The molecule has 13 nitrogen and oxygen atoms in total. The summed E-state index contributed by atoms with van der Waals surface area (Å²) in [7, 11) is 0. The molecular weight excluding hydrogens is 1060 g/mol. The molecule has 0 fully saturated rings. The number of ether oxygens (including phenoxy) is 5. The number of anilines is 4. The van der Waals surface area contributed by atoms with Crippen molar-refractivity contribution in [3.8, 4) is 0 Å². The minimum Gasteiger partial charge on any atom is -0.380 e. The minimum absolute atomic E-state index is 0.0480. The number of rotatable bonds is 34. The highest BCUT2D eigenvalue weighted by Crippen LogP contribution is 2.30. The molecule has 0 aliphatic rings. The molecule has 440 valence electrons. The Bertz CT molecular complexity index is 2800. The standard InChI is InChI=1S/C72H78N4O9/c1-3-71(53-81-49-67(77)73(63-37-21-9-22-38-63)45-59-29-13-5-14-30-59,54-82-50-68(78)74(64-39-23-10-24-40-64)46-60-31-15-6-16-32-60)57-85-58-72(4-2,55-83-51-69(79)75(65-41-25-11-26-42-65)47-61-33-17-7-18-34-61)56-84-52-70(80)76(66-43-27-12-28-44-66)48-62-35-19-8-20-36-62/h5-44H,3-4,45-58H2,1-2H3. The average Bonchev–Trinajstić information content (AvgIpc) is 3.68. The van der Waals surface area contributed by atoms with Crippen LogP contribution in [0, 0.1) is 10.8 Å². The van der Waals surface area contributed by atoms with Gasteiger partial charge in [0.15, 0.2) is 0 Å². The Labute approximate surface area is 501 Å². The van der Waals surface area contributed by atoms with Crippen LogP contribution in [0.1, 0.15) is 48.9 Å². The average molecular weight is 1140 g/mol.